The lowest BCUT2D eigenvalue weighted by molar-refractivity contribution is 0.1000. The van der Waals surface area contributed by atoms with Crippen molar-refractivity contribution in [2.24, 2.45) is 5.73 Å². The summed E-state index contributed by atoms with van der Waals surface area (Å²) < 4.78 is 0. The van der Waals surface area contributed by atoms with Crippen LogP contribution in [0.1, 0.15) is 23.0 Å². The minimum atomic E-state index is -0.430. The first-order valence-electron chi connectivity index (χ1n) is 5.36. The fourth-order valence-corrected chi connectivity index (χ4v) is 1.36. The Bertz CT molecular complexity index is 365. The Balaban J connectivity index is 2.62. The summed E-state index contributed by atoms with van der Waals surface area (Å²) in [7, 11) is 0. The van der Waals surface area contributed by atoms with Gasteiger partial charge in [0.15, 0.2) is 0 Å². The number of carbonyl (C=O) groups excluding carboxylic acids is 1. The second-order valence-electron chi connectivity index (χ2n) is 3.53. The van der Waals surface area contributed by atoms with E-state index in [1.54, 1.807) is 12.1 Å². The maximum Gasteiger partial charge on any atom is 0.248 e. The Hall–Kier alpha value is -1.62. The van der Waals surface area contributed by atoms with E-state index in [9.17, 15) is 4.79 Å². The summed E-state index contributed by atoms with van der Waals surface area (Å²) in [6.07, 6.45) is 0. The van der Waals surface area contributed by atoms with E-state index < -0.39 is 5.91 Å². The minimum absolute atomic E-state index is 0.430. The molecule has 1 amide bonds. The van der Waals surface area contributed by atoms with Gasteiger partial charge in [0.05, 0.1) is 0 Å². The fourth-order valence-electron chi connectivity index (χ4n) is 1.36. The maximum absolute atomic E-state index is 11.0. The molecule has 0 atom stereocenters. The average Bonchev–Trinajstić information content (AvgIpc) is 2.23. The van der Waals surface area contributed by atoms with Crippen LogP contribution in [0.15, 0.2) is 12.1 Å². The summed E-state index contributed by atoms with van der Waals surface area (Å²) in [5.41, 5.74) is 6.49. The van der Waals surface area contributed by atoms with Gasteiger partial charge in [-0.3, -0.25) is 4.79 Å². The Kier molecular flexibility index (Phi) is 4.72. The normalized spacial score (nSPS) is 10.1. The molecular weight excluding hydrogens is 204 g/mol. The summed E-state index contributed by atoms with van der Waals surface area (Å²) in [5.74, 6) is 0.256. The predicted octanol–water partition coefficient (Wildman–Crippen LogP) is 0.510. The highest BCUT2D eigenvalue weighted by molar-refractivity contribution is 5.93. The summed E-state index contributed by atoms with van der Waals surface area (Å²) in [6.45, 7) is 6.45. The second kappa shape index (κ2) is 6.07. The monoisotopic (exact) mass is 222 g/mol. The van der Waals surface area contributed by atoms with E-state index in [0.29, 0.717) is 11.4 Å². The zero-order valence-electron chi connectivity index (χ0n) is 9.71. The first-order chi connectivity index (χ1) is 7.63. The van der Waals surface area contributed by atoms with Gasteiger partial charge in [-0.15, -0.1) is 0 Å². The van der Waals surface area contributed by atoms with Crippen LogP contribution in [0.2, 0.25) is 0 Å². The Morgan fingerprint density at radius 1 is 1.44 bits per heavy atom. The Morgan fingerprint density at radius 2 is 2.19 bits per heavy atom. The molecule has 4 N–H and O–H groups in total. The van der Waals surface area contributed by atoms with Crippen LogP contribution >= 0.6 is 0 Å². The minimum Gasteiger partial charge on any atom is -0.369 e. The van der Waals surface area contributed by atoms with Gasteiger partial charge < -0.3 is 16.4 Å². The van der Waals surface area contributed by atoms with Gasteiger partial charge >= 0.3 is 0 Å². The van der Waals surface area contributed by atoms with Crippen LogP contribution < -0.4 is 16.4 Å². The number of nitrogens with zero attached hydrogens (tertiary/aromatic N) is 1. The number of aryl methyl sites for hydroxylation is 1. The molecular formula is C11H18N4O. The molecule has 0 aliphatic heterocycles. The molecule has 1 aromatic heterocycles. The van der Waals surface area contributed by atoms with Crippen molar-refractivity contribution in [3.8, 4) is 0 Å². The van der Waals surface area contributed by atoms with Gasteiger partial charge in [-0.05, 0) is 25.6 Å². The zero-order valence-corrected chi connectivity index (χ0v) is 9.71. The van der Waals surface area contributed by atoms with Crippen molar-refractivity contribution in [1.82, 2.24) is 10.3 Å². The van der Waals surface area contributed by atoms with Crippen LogP contribution in [0.3, 0.4) is 0 Å². The molecule has 1 heterocycles. The van der Waals surface area contributed by atoms with Crippen LogP contribution in [-0.4, -0.2) is 30.5 Å². The van der Waals surface area contributed by atoms with E-state index in [1.807, 2.05) is 6.92 Å². The number of hydrogen-bond donors (Lipinski definition) is 3. The third kappa shape index (κ3) is 3.86. The molecule has 0 radical (unpaired) electrons. The van der Waals surface area contributed by atoms with Crippen LogP contribution in [0.25, 0.3) is 0 Å². The Labute approximate surface area is 95.4 Å². The molecule has 0 aromatic carbocycles. The molecule has 88 valence electrons. The lowest BCUT2D eigenvalue weighted by Crippen LogP contribution is -2.22. The van der Waals surface area contributed by atoms with E-state index in [1.165, 1.54) is 0 Å². The highest BCUT2D eigenvalue weighted by Crippen LogP contribution is 2.09. The first-order valence-corrected chi connectivity index (χ1v) is 5.36. The summed E-state index contributed by atoms with van der Waals surface area (Å²) >= 11 is 0. The van der Waals surface area contributed by atoms with Gasteiger partial charge in [-0.2, -0.15) is 0 Å². The largest absolute Gasteiger partial charge is 0.369 e. The van der Waals surface area contributed by atoms with Gasteiger partial charge in [0.25, 0.3) is 0 Å². The summed E-state index contributed by atoms with van der Waals surface area (Å²) in [6, 6.07) is 3.35. The van der Waals surface area contributed by atoms with Crippen molar-refractivity contribution in [3.05, 3.63) is 23.4 Å². The summed E-state index contributed by atoms with van der Waals surface area (Å²) in [4.78, 5) is 15.3. The van der Waals surface area contributed by atoms with Crippen LogP contribution in [0.4, 0.5) is 5.82 Å². The third-order valence-corrected chi connectivity index (χ3v) is 2.10. The lowest BCUT2D eigenvalue weighted by Gasteiger charge is -2.08. The number of primary amides is 1. The number of carbonyl (C=O) groups is 1. The number of aromatic nitrogens is 1. The highest BCUT2D eigenvalue weighted by Gasteiger charge is 2.04. The van der Waals surface area contributed by atoms with E-state index in [0.717, 1.165) is 25.3 Å². The maximum atomic E-state index is 11.0. The smallest absolute Gasteiger partial charge is 0.248 e. The van der Waals surface area contributed by atoms with E-state index >= 15 is 0 Å². The van der Waals surface area contributed by atoms with E-state index in [2.05, 4.69) is 22.5 Å². The summed E-state index contributed by atoms with van der Waals surface area (Å²) in [5, 5.41) is 6.32. The molecule has 5 heteroatoms. The number of anilines is 1. The number of nitrogens with two attached hydrogens (primary N) is 1. The number of pyridine rings is 1. The van der Waals surface area contributed by atoms with Gasteiger partial charge in [0, 0.05) is 24.3 Å². The topological polar surface area (TPSA) is 80.0 Å². The number of nitrogens with one attached hydrogen (secondary N) is 2. The SMILES string of the molecule is CCNCCNc1cc(C(N)=O)cc(C)n1. The lowest BCUT2D eigenvalue weighted by atomic mass is 10.2. The molecule has 0 aliphatic rings. The van der Waals surface area contributed by atoms with Crippen molar-refractivity contribution < 1.29 is 4.79 Å². The molecule has 0 unspecified atom stereocenters. The molecule has 0 saturated carbocycles. The molecule has 0 aliphatic carbocycles. The van der Waals surface area contributed by atoms with Crippen molar-refractivity contribution in [2.45, 2.75) is 13.8 Å². The van der Waals surface area contributed by atoms with Gasteiger partial charge in [-0.25, -0.2) is 4.98 Å². The molecule has 0 fully saturated rings. The molecule has 1 aromatic rings. The molecule has 5 nitrogen and oxygen atoms in total. The molecule has 1 rings (SSSR count). The van der Waals surface area contributed by atoms with E-state index in [-0.39, 0.29) is 0 Å². The van der Waals surface area contributed by atoms with E-state index in [4.69, 9.17) is 5.73 Å². The van der Waals surface area contributed by atoms with Crippen molar-refractivity contribution >= 4 is 11.7 Å². The van der Waals surface area contributed by atoms with Gasteiger partial charge in [0.1, 0.15) is 5.82 Å². The number of amides is 1. The first kappa shape index (κ1) is 12.4. The molecule has 0 saturated heterocycles. The zero-order chi connectivity index (χ0) is 12.0. The number of likely N-dealkylation sites (N-methyl/N-ethyl adjacent to an activating group) is 1. The predicted molar refractivity (Wildman–Crippen MR) is 64.5 cm³/mol. The Morgan fingerprint density at radius 3 is 2.81 bits per heavy atom. The molecule has 0 bridgehead atoms. The van der Waals surface area contributed by atoms with Crippen LogP contribution in [0.5, 0.6) is 0 Å². The average molecular weight is 222 g/mol. The molecule has 0 spiro atoms. The van der Waals surface area contributed by atoms with Crippen molar-refractivity contribution in [2.75, 3.05) is 25.0 Å². The van der Waals surface area contributed by atoms with Gasteiger partial charge in [-0.1, -0.05) is 6.92 Å². The van der Waals surface area contributed by atoms with Crippen LogP contribution in [-0.2, 0) is 0 Å². The van der Waals surface area contributed by atoms with Crippen molar-refractivity contribution in [1.29, 1.82) is 0 Å². The second-order valence-corrected chi connectivity index (χ2v) is 3.53. The molecule has 16 heavy (non-hydrogen) atoms. The van der Waals surface area contributed by atoms with Gasteiger partial charge in [0.2, 0.25) is 5.91 Å². The number of rotatable bonds is 6. The fraction of sp³-hybridized carbons (Fsp3) is 0.455. The standard InChI is InChI=1S/C11H18N4O/c1-3-13-4-5-14-10-7-9(11(12)16)6-8(2)15-10/h6-7,13H,3-5H2,1-2H3,(H2,12,16)(H,14,15). The van der Waals surface area contributed by atoms with Crippen LogP contribution in [0, 0.1) is 6.92 Å². The quantitative estimate of drug-likeness (QED) is 0.613. The number of hydrogen-bond acceptors (Lipinski definition) is 4. The van der Waals surface area contributed by atoms with Crippen molar-refractivity contribution in [3.63, 3.8) is 0 Å². The third-order valence-electron chi connectivity index (χ3n) is 2.10. The highest BCUT2D eigenvalue weighted by atomic mass is 16.1.